The molecule has 130 valence electrons. The first kappa shape index (κ1) is 19.1. The molecule has 0 radical (unpaired) electrons. The monoisotopic (exact) mass is 336 g/mol. The molecular formula is C16H20N2O6. The topological polar surface area (TPSA) is 104 Å². The molecule has 1 aromatic rings. The Morgan fingerprint density at radius 3 is 2.17 bits per heavy atom. The predicted octanol–water partition coefficient (Wildman–Crippen LogP) is 1.68. The van der Waals surface area contributed by atoms with Crippen molar-refractivity contribution in [2.24, 2.45) is 0 Å². The van der Waals surface area contributed by atoms with Crippen molar-refractivity contribution in [2.75, 3.05) is 25.1 Å². The van der Waals surface area contributed by atoms with E-state index >= 15 is 0 Å². The minimum atomic E-state index is -0.836. The number of pyridine rings is 1. The molecule has 0 aliphatic rings. The zero-order valence-corrected chi connectivity index (χ0v) is 13.8. The van der Waals surface area contributed by atoms with E-state index in [0.29, 0.717) is 0 Å². The number of aromatic nitrogens is 1. The Hall–Kier alpha value is -2.90. The lowest BCUT2D eigenvalue weighted by Gasteiger charge is -2.09. The van der Waals surface area contributed by atoms with Gasteiger partial charge in [-0.05, 0) is 32.9 Å². The van der Waals surface area contributed by atoms with E-state index in [0.717, 1.165) is 6.20 Å². The SMILES string of the molecule is CCOC(=O)C(=CNc1ncccc1C(=O)OCC)C(=O)OCC. The number of nitrogens with one attached hydrogen (secondary N) is 1. The summed E-state index contributed by atoms with van der Waals surface area (Å²) in [5.74, 6) is -2.11. The maximum Gasteiger partial charge on any atom is 0.347 e. The van der Waals surface area contributed by atoms with Crippen LogP contribution in [0.3, 0.4) is 0 Å². The van der Waals surface area contributed by atoms with E-state index in [9.17, 15) is 14.4 Å². The van der Waals surface area contributed by atoms with Crippen LogP contribution in [0, 0.1) is 0 Å². The van der Waals surface area contributed by atoms with E-state index in [1.54, 1.807) is 26.8 Å². The van der Waals surface area contributed by atoms with Crippen LogP contribution in [0.25, 0.3) is 0 Å². The van der Waals surface area contributed by atoms with Gasteiger partial charge in [-0.15, -0.1) is 0 Å². The Bertz CT molecular complexity index is 607. The van der Waals surface area contributed by atoms with Crippen molar-refractivity contribution in [3.63, 3.8) is 0 Å². The summed E-state index contributed by atoms with van der Waals surface area (Å²) in [5.41, 5.74) is -0.165. The molecule has 0 saturated heterocycles. The molecule has 1 heterocycles. The first-order valence-electron chi connectivity index (χ1n) is 7.48. The van der Waals surface area contributed by atoms with Crippen LogP contribution in [-0.4, -0.2) is 42.7 Å². The molecule has 0 spiro atoms. The number of rotatable bonds is 8. The van der Waals surface area contributed by atoms with Gasteiger partial charge in [0.05, 0.1) is 19.8 Å². The summed E-state index contributed by atoms with van der Waals surface area (Å²) in [4.78, 5) is 39.6. The molecule has 8 nitrogen and oxygen atoms in total. The van der Waals surface area contributed by atoms with Gasteiger partial charge in [-0.2, -0.15) is 0 Å². The van der Waals surface area contributed by atoms with Crippen LogP contribution >= 0.6 is 0 Å². The summed E-state index contributed by atoms with van der Waals surface area (Å²) in [6.45, 7) is 5.33. The van der Waals surface area contributed by atoms with Gasteiger partial charge in [0.15, 0.2) is 5.57 Å². The second-order valence-corrected chi connectivity index (χ2v) is 4.26. The molecular weight excluding hydrogens is 316 g/mol. The molecule has 1 aromatic heterocycles. The lowest BCUT2D eigenvalue weighted by molar-refractivity contribution is -0.146. The first-order valence-corrected chi connectivity index (χ1v) is 7.48. The predicted molar refractivity (Wildman–Crippen MR) is 85.2 cm³/mol. The lowest BCUT2D eigenvalue weighted by atomic mass is 10.2. The van der Waals surface area contributed by atoms with E-state index in [1.807, 2.05) is 0 Å². The number of carbonyl (C=O) groups excluding carboxylic acids is 3. The summed E-state index contributed by atoms with van der Waals surface area (Å²) < 4.78 is 14.6. The standard InChI is InChI=1S/C16H20N2O6/c1-4-22-14(19)11-8-7-9-17-13(11)18-10-12(15(20)23-5-2)16(21)24-6-3/h7-10H,4-6H2,1-3H3,(H,17,18). The van der Waals surface area contributed by atoms with Gasteiger partial charge in [-0.25, -0.2) is 19.4 Å². The molecule has 0 aliphatic heterocycles. The number of esters is 3. The molecule has 0 fully saturated rings. The Kier molecular flexibility index (Phi) is 7.97. The molecule has 1 N–H and O–H groups in total. The van der Waals surface area contributed by atoms with Gasteiger partial charge >= 0.3 is 17.9 Å². The minimum absolute atomic E-state index is 0.104. The molecule has 8 heteroatoms. The molecule has 0 aliphatic carbocycles. The van der Waals surface area contributed by atoms with Crippen LogP contribution in [0.1, 0.15) is 31.1 Å². The van der Waals surface area contributed by atoms with Gasteiger partial charge in [-0.3, -0.25) is 0 Å². The van der Waals surface area contributed by atoms with Gasteiger partial charge in [0.25, 0.3) is 0 Å². The van der Waals surface area contributed by atoms with Gasteiger partial charge in [0.2, 0.25) is 0 Å². The summed E-state index contributed by atoms with van der Waals surface area (Å²) >= 11 is 0. The third-order valence-corrected chi connectivity index (χ3v) is 2.65. The van der Waals surface area contributed by atoms with E-state index in [4.69, 9.17) is 14.2 Å². The maximum atomic E-state index is 11.9. The number of nitrogens with zero attached hydrogens (tertiary/aromatic N) is 1. The fraction of sp³-hybridized carbons (Fsp3) is 0.375. The molecule has 0 amide bonds. The fourth-order valence-corrected chi connectivity index (χ4v) is 1.65. The quantitative estimate of drug-likeness (QED) is 0.251. The van der Waals surface area contributed by atoms with Crippen LogP contribution in [0.2, 0.25) is 0 Å². The third-order valence-electron chi connectivity index (χ3n) is 2.65. The number of hydrogen-bond acceptors (Lipinski definition) is 8. The van der Waals surface area contributed by atoms with Crippen molar-refractivity contribution in [3.05, 3.63) is 35.7 Å². The van der Waals surface area contributed by atoms with Crippen LogP contribution in [-0.2, 0) is 23.8 Å². The van der Waals surface area contributed by atoms with Crippen LogP contribution in [0.15, 0.2) is 30.1 Å². The summed E-state index contributed by atoms with van der Waals surface area (Å²) in [7, 11) is 0. The minimum Gasteiger partial charge on any atom is -0.462 e. The average molecular weight is 336 g/mol. The summed E-state index contributed by atoms with van der Waals surface area (Å²) in [6.07, 6.45) is 2.55. The average Bonchev–Trinajstić information content (AvgIpc) is 2.56. The number of carbonyl (C=O) groups is 3. The highest BCUT2D eigenvalue weighted by atomic mass is 16.6. The largest absolute Gasteiger partial charge is 0.462 e. The first-order chi connectivity index (χ1) is 11.5. The van der Waals surface area contributed by atoms with E-state index in [-0.39, 0.29) is 36.8 Å². The van der Waals surface area contributed by atoms with Crippen LogP contribution in [0.5, 0.6) is 0 Å². The molecule has 0 atom stereocenters. The van der Waals surface area contributed by atoms with Gasteiger partial charge in [-0.1, -0.05) is 0 Å². The van der Waals surface area contributed by atoms with E-state index in [2.05, 4.69) is 10.3 Å². The zero-order valence-electron chi connectivity index (χ0n) is 13.8. The van der Waals surface area contributed by atoms with Crippen molar-refractivity contribution < 1.29 is 28.6 Å². The van der Waals surface area contributed by atoms with E-state index in [1.165, 1.54) is 12.3 Å². The lowest BCUT2D eigenvalue weighted by Crippen LogP contribution is -2.20. The van der Waals surface area contributed by atoms with Crippen LogP contribution in [0.4, 0.5) is 5.82 Å². The second-order valence-electron chi connectivity index (χ2n) is 4.26. The van der Waals surface area contributed by atoms with Crippen molar-refractivity contribution >= 4 is 23.7 Å². The smallest absolute Gasteiger partial charge is 0.347 e. The Labute approximate surface area is 139 Å². The van der Waals surface area contributed by atoms with Crippen molar-refractivity contribution in [2.45, 2.75) is 20.8 Å². The Balaban J connectivity index is 3.07. The number of ether oxygens (including phenoxy) is 3. The molecule has 0 unspecified atom stereocenters. The van der Waals surface area contributed by atoms with Crippen LogP contribution < -0.4 is 5.32 Å². The van der Waals surface area contributed by atoms with Gasteiger partial charge in [0.1, 0.15) is 11.4 Å². The molecule has 1 rings (SSSR count). The van der Waals surface area contributed by atoms with Gasteiger partial charge < -0.3 is 19.5 Å². The fourth-order valence-electron chi connectivity index (χ4n) is 1.65. The molecule has 24 heavy (non-hydrogen) atoms. The summed E-state index contributed by atoms with van der Waals surface area (Å²) in [5, 5.41) is 2.66. The van der Waals surface area contributed by atoms with Gasteiger partial charge in [0, 0.05) is 12.4 Å². The zero-order chi connectivity index (χ0) is 17.9. The normalized spacial score (nSPS) is 9.62. The second kappa shape index (κ2) is 9.98. The third kappa shape index (κ3) is 5.38. The Morgan fingerprint density at radius 1 is 1.04 bits per heavy atom. The van der Waals surface area contributed by atoms with E-state index < -0.39 is 17.9 Å². The van der Waals surface area contributed by atoms with Crippen molar-refractivity contribution in [1.82, 2.24) is 4.98 Å². The van der Waals surface area contributed by atoms with Crippen molar-refractivity contribution in [3.8, 4) is 0 Å². The maximum absolute atomic E-state index is 11.9. The van der Waals surface area contributed by atoms with Crippen molar-refractivity contribution in [1.29, 1.82) is 0 Å². The number of anilines is 1. The molecule has 0 bridgehead atoms. The Morgan fingerprint density at radius 2 is 1.62 bits per heavy atom. The molecule has 0 saturated carbocycles. The highest BCUT2D eigenvalue weighted by molar-refractivity contribution is 6.14. The highest BCUT2D eigenvalue weighted by Gasteiger charge is 2.21. The molecule has 0 aromatic carbocycles. The number of hydrogen-bond donors (Lipinski definition) is 1. The highest BCUT2D eigenvalue weighted by Crippen LogP contribution is 2.14. The summed E-state index contributed by atoms with van der Waals surface area (Å²) in [6, 6.07) is 3.08.